The molecule has 2 N–H and O–H groups in total. The summed E-state index contributed by atoms with van der Waals surface area (Å²) < 4.78 is 25.0. The Labute approximate surface area is 197 Å². The highest BCUT2D eigenvalue weighted by Gasteiger charge is 2.28. The number of nitrogens with one attached hydrogen (secondary N) is 1. The fourth-order valence-electron chi connectivity index (χ4n) is 3.97. The van der Waals surface area contributed by atoms with Gasteiger partial charge in [0.15, 0.2) is 0 Å². The Hall–Kier alpha value is -3.24. The van der Waals surface area contributed by atoms with Crippen molar-refractivity contribution >= 4 is 12.1 Å². The number of carbonyl (C=O) groups excluding carboxylic acids is 1. The van der Waals surface area contributed by atoms with E-state index in [1.54, 1.807) is 19.2 Å². The van der Waals surface area contributed by atoms with Crippen LogP contribution >= 0.6 is 0 Å². The Kier molecular flexibility index (Phi) is 9.17. The lowest BCUT2D eigenvalue weighted by atomic mass is 9.87. The Morgan fingerprint density at radius 1 is 1.26 bits per heavy atom. The summed E-state index contributed by atoms with van der Waals surface area (Å²) in [5, 5.41) is 20.1. The van der Waals surface area contributed by atoms with Crippen LogP contribution in [0.3, 0.4) is 0 Å². The van der Waals surface area contributed by atoms with Crippen LogP contribution in [-0.2, 0) is 23.2 Å². The molecule has 2 aromatic heterocycles. The van der Waals surface area contributed by atoms with E-state index >= 15 is 0 Å². The molecule has 1 aliphatic carbocycles. The Balaban J connectivity index is 1.60. The van der Waals surface area contributed by atoms with E-state index in [1.807, 2.05) is 6.92 Å². The third-order valence-corrected chi connectivity index (χ3v) is 5.91. The number of hydrogen-bond donors (Lipinski definition) is 2. The van der Waals surface area contributed by atoms with Crippen LogP contribution in [0.4, 0.5) is 9.18 Å². The monoisotopic (exact) mass is 477 g/mol. The van der Waals surface area contributed by atoms with Crippen molar-refractivity contribution in [2.45, 2.75) is 64.6 Å². The molecule has 0 bridgehead atoms. The number of alkyl carbamates (subject to hydrolysis) is 1. The smallest absolute Gasteiger partial charge is 0.407 e. The summed E-state index contributed by atoms with van der Waals surface area (Å²) in [6.45, 7) is 1.85. The van der Waals surface area contributed by atoms with Crippen molar-refractivity contribution in [2.24, 2.45) is 13.0 Å². The van der Waals surface area contributed by atoms with Crippen LogP contribution in [0.25, 0.3) is 11.4 Å². The van der Waals surface area contributed by atoms with Crippen molar-refractivity contribution in [1.82, 2.24) is 25.3 Å². The lowest BCUT2D eigenvalue weighted by Gasteiger charge is -2.27. The molecule has 1 fully saturated rings. The van der Waals surface area contributed by atoms with E-state index < -0.39 is 12.1 Å². The van der Waals surface area contributed by atoms with E-state index in [9.17, 15) is 19.1 Å². The molecule has 3 rings (SSSR count). The summed E-state index contributed by atoms with van der Waals surface area (Å²) in [5.41, 5.74) is 2.30. The first kappa shape index (κ1) is 25.4. The highest BCUT2D eigenvalue weighted by Crippen LogP contribution is 2.30. The molecule has 34 heavy (non-hydrogen) atoms. The van der Waals surface area contributed by atoms with Gasteiger partial charge >= 0.3 is 12.1 Å². The zero-order valence-electron chi connectivity index (χ0n) is 19.6. The lowest BCUT2D eigenvalue weighted by molar-refractivity contribution is -0.143. The topological polar surface area (TPSA) is 128 Å². The Morgan fingerprint density at radius 3 is 2.82 bits per heavy atom. The molecule has 0 saturated heterocycles. The first-order valence-electron chi connectivity index (χ1n) is 11.6. The van der Waals surface area contributed by atoms with E-state index in [2.05, 4.69) is 20.6 Å². The van der Waals surface area contributed by atoms with E-state index in [0.717, 1.165) is 12.8 Å². The highest BCUT2D eigenvalue weighted by atomic mass is 19.1. The number of carboxylic acid groups (broad SMARTS) is 1. The second kappa shape index (κ2) is 12.3. The van der Waals surface area contributed by atoms with Crippen LogP contribution in [-0.4, -0.2) is 56.5 Å². The second-order valence-corrected chi connectivity index (χ2v) is 8.48. The van der Waals surface area contributed by atoms with Gasteiger partial charge in [-0.25, -0.2) is 14.5 Å². The molecule has 2 aromatic rings. The highest BCUT2D eigenvalue weighted by molar-refractivity contribution is 5.70. The molecule has 0 radical (unpaired) electrons. The minimum Gasteiger partial charge on any atom is -0.489 e. The largest absolute Gasteiger partial charge is 0.489 e. The van der Waals surface area contributed by atoms with Crippen LogP contribution in [0.2, 0.25) is 0 Å². The zero-order chi connectivity index (χ0) is 24.5. The predicted molar refractivity (Wildman–Crippen MR) is 121 cm³/mol. The number of carbonyl (C=O) groups is 2. The van der Waals surface area contributed by atoms with Crippen LogP contribution < -0.4 is 10.1 Å². The Morgan fingerprint density at radius 2 is 2.09 bits per heavy atom. The van der Waals surface area contributed by atoms with Crippen molar-refractivity contribution in [2.75, 3.05) is 13.2 Å². The number of aliphatic carboxylic acids is 1. The van der Waals surface area contributed by atoms with Gasteiger partial charge in [-0.05, 0) is 64.0 Å². The SMILES string of the molecule is Cc1nc(-c2nnn(C)c2COC(=O)NCCCCCF)ccc1OC1CCCC(C(=O)O)C1. The molecule has 0 spiro atoms. The molecule has 2 unspecified atom stereocenters. The van der Waals surface area contributed by atoms with Gasteiger partial charge in [-0.15, -0.1) is 5.10 Å². The van der Waals surface area contributed by atoms with E-state index in [0.29, 0.717) is 67.2 Å². The fraction of sp³-hybridized carbons (Fsp3) is 0.609. The number of unbranched alkanes of at least 4 members (excludes halogenated alkanes) is 2. The predicted octanol–water partition coefficient (Wildman–Crippen LogP) is 3.57. The van der Waals surface area contributed by atoms with Crippen molar-refractivity contribution in [1.29, 1.82) is 0 Å². The van der Waals surface area contributed by atoms with Crippen LogP contribution in [0, 0.1) is 12.8 Å². The summed E-state index contributed by atoms with van der Waals surface area (Å²) in [6, 6.07) is 3.56. The van der Waals surface area contributed by atoms with Gasteiger partial charge in [0.05, 0.1) is 30.1 Å². The van der Waals surface area contributed by atoms with Crippen molar-refractivity contribution in [3.63, 3.8) is 0 Å². The van der Waals surface area contributed by atoms with E-state index in [1.165, 1.54) is 4.68 Å². The zero-order valence-corrected chi connectivity index (χ0v) is 19.6. The third-order valence-electron chi connectivity index (χ3n) is 5.91. The van der Waals surface area contributed by atoms with Gasteiger partial charge < -0.3 is 19.9 Å². The van der Waals surface area contributed by atoms with Gasteiger partial charge in [0.25, 0.3) is 0 Å². The molecule has 11 heteroatoms. The summed E-state index contributed by atoms with van der Waals surface area (Å²) in [6.07, 6.45) is 3.96. The number of nitrogens with zero attached hydrogens (tertiary/aromatic N) is 4. The molecule has 2 atom stereocenters. The number of ether oxygens (including phenoxy) is 2. The van der Waals surface area contributed by atoms with Gasteiger partial charge in [0, 0.05) is 13.6 Å². The van der Waals surface area contributed by atoms with Gasteiger partial charge in [-0.3, -0.25) is 9.18 Å². The van der Waals surface area contributed by atoms with Gasteiger partial charge in [0.2, 0.25) is 0 Å². The van der Waals surface area contributed by atoms with Crippen molar-refractivity contribution in [3.05, 3.63) is 23.5 Å². The minimum atomic E-state index is -0.777. The number of amides is 1. The normalized spacial score (nSPS) is 17.9. The van der Waals surface area contributed by atoms with Gasteiger partial charge in [-0.1, -0.05) is 5.21 Å². The number of pyridine rings is 1. The number of alkyl halides is 1. The third kappa shape index (κ3) is 6.88. The first-order chi connectivity index (χ1) is 16.4. The number of rotatable bonds is 11. The van der Waals surface area contributed by atoms with Crippen LogP contribution in [0.5, 0.6) is 5.75 Å². The molecule has 0 aromatic carbocycles. The number of aryl methyl sites for hydroxylation is 2. The van der Waals surface area contributed by atoms with Crippen LogP contribution in [0.15, 0.2) is 12.1 Å². The van der Waals surface area contributed by atoms with E-state index in [-0.39, 0.29) is 25.3 Å². The molecular formula is C23H32FN5O5. The number of aromatic nitrogens is 4. The standard InChI is InChI=1S/C23H32FN5O5/c1-15-20(34-17-8-6-7-16(13-17)22(30)31)10-9-18(26-15)21-19(29(2)28-27-21)14-33-23(32)25-12-5-3-4-11-24/h9-10,16-17H,3-8,11-14H2,1-2H3,(H,25,32)(H,30,31). The lowest BCUT2D eigenvalue weighted by Crippen LogP contribution is -2.29. The number of hydrogen-bond acceptors (Lipinski definition) is 7. The fourth-order valence-corrected chi connectivity index (χ4v) is 3.97. The molecule has 1 saturated carbocycles. The second-order valence-electron chi connectivity index (χ2n) is 8.48. The minimum absolute atomic E-state index is 0.0349. The molecule has 2 heterocycles. The van der Waals surface area contributed by atoms with Crippen molar-refractivity contribution in [3.8, 4) is 17.1 Å². The average Bonchev–Trinajstić information content (AvgIpc) is 3.19. The number of halogens is 1. The maximum absolute atomic E-state index is 12.1. The first-order valence-corrected chi connectivity index (χ1v) is 11.6. The molecule has 0 aliphatic heterocycles. The quantitative estimate of drug-likeness (QED) is 0.470. The van der Waals surface area contributed by atoms with Crippen molar-refractivity contribution < 1.29 is 28.6 Å². The number of carboxylic acids is 1. The van der Waals surface area contributed by atoms with Gasteiger partial charge in [-0.2, -0.15) is 0 Å². The average molecular weight is 478 g/mol. The van der Waals surface area contributed by atoms with E-state index in [4.69, 9.17) is 9.47 Å². The molecule has 1 amide bonds. The van der Waals surface area contributed by atoms with Gasteiger partial charge in [0.1, 0.15) is 23.7 Å². The molecular weight excluding hydrogens is 445 g/mol. The Bertz CT molecular complexity index is 983. The molecule has 1 aliphatic rings. The summed E-state index contributed by atoms with van der Waals surface area (Å²) in [7, 11) is 1.70. The summed E-state index contributed by atoms with van der Waals surface area (Å²) >= 11 is 0. The summed E-state index contributed by atoms with van der Waals surface area (Å²) in [4.78, 5) is 27.9. The maximum Gasteiger partial charge on any atom is 0.407 e. The molecule has 186 valence electrons. The maximum atomic E-state index is 12.1. The molecule has 10 nitrogen and oxygen atoms in total. The van der Waals surface area contributed by atoms with Crippen LogP contribution in [0.1, 0.15) is 56.3 Å². The summed E-state index contributed by atoms with van der Waals surface area (Å²) in [5.74, 6) is -0.546.